The Labute approximate surface area is 75.1 Å². The van der Waals surface area contributed by atoms with Crippen LogP contribution in [0.4, 0.5) is 4.39 Å². The third-order valence-corrected chi connectivity index (χ3v) is 2.75. The van der Waals surface area contributed by atoms with Crippen molar-refractivity contribution in [3.8, 4) is 0 Å². The van der Waals surface area contributed by atoms with Gasteiger partial charge in [-0.2, -0.15) is 0 Å². The number of hydrogen-bond acceptors (Lipinski definition) is 3. The minimum absolute atomic E-state index is 0.153. The van der Waals surface area contributed by atoms with Gasteiger partial charge < -0.3 is 0 Å². The summed E-state index contributed by atoms with van der Waals surface area (Å²) in [5.74, 6) is -0.496. The Morgan fingerprint density at radius 2 is 2.00 bits per heavy atom. The van der Waals surface area contributed by atoms with Gasteiger partial charge in [0.15, 0.2) is 0 Å². The highest BCUT2D eigenvalue weighted by Crippen LogP contribution is 2.13. The van der Waals surface area contributed by atoms with Crippen molar-refractivity contribution in [1.82, 2.24) is 0 Å². The zero-order chi connectivity index (χ0) is 10.1. The van der Waals surface area contributed by atoms with Crippen molar-refractivity contribution in [1.29, 1.82) is 0 Å². The number of halogens is 1. The van der Waals surface area contributed by atoms with E-state index in [0.717, 1.165) is 18.2 Å². The second kappa shape index (κ2) is 3.26. The first-order chi connectivity index (χ1) is 5.97. The summed E-state index contributed by atoms with van der Waals surface area (Å²) in [5.41, 5.74) is 0.0441. The average molecular weight is 202 g/mol. The Bertz CT molecular complexity index is 437. The fourth-order valence-corrected chi connectivity index (χ4v) is 1.56. The lowest BCUT2D eigenvalue weighted by Crippen LogP contribution is -2.02. The van der Waals surface area contributed by atoms with Crippen molar-refractivity contribution in [3.05, 3.63) is 29.6 Å². The largest absolute Gasteiger partial charge is 0.285 e. The Hall–Kier alpha value is -1.23. The maximum Gasteiger partial charge on any atom is 0.238 e. The first kappa shape index (κ1) is 9.85. The predicted octanol–water partition coefficient (Wildman–Crippen LogP) is 1.10. The molecule has 1 aromatic carbocycles. The Morgan fingerprint density at radius 3 is 2.46 bits per heavy atom. The monoisotopic (exact) mass is 202 g/mol. The van der Waals surface area contributed by atoms with Crippen LogP contribution in [0.3, 0.4) is 0 Å². The van der Waals surface area contributed by atoms with Crippen molar-refractivity contribution < 1.29 is 17.6 Å². The molecule has 0 aliphatic heterocycles. The Morgan fingerprint density at radius 1 is 1.38 bits per heavy atom. The fraction of sp³-hybridized carbons (Fsp3) is 0.125. The molecule has 1 rings (SSSR count). The highest BCUT2D eigenvalue weighted by molar-refractivity contribution is 8.04. The van der Waals surface area contributed by atoms with E-state index in [1.54, 1.807) is 0 Å². The van der Waals surface area contributed by atoms with E-state index < -0.39 is 15.7 Å². The normalized spacial score (nSPS) is 11.2. The van der Waals surface area contributed by atoms with Crippen LogP contribution >= 0.6 is 0 Å². The third kappa shape index (κ3) is 1.92. The third-order valence-electron chi connectivity index (χ3n) is 1.58. The highest BCUT2D eigenvalue weighted by atomic mass is 32.2. The molecule has 0 aromatic heterocycles. The summed E-state index contributed by atoms with van der Waals surface area (Å²) in [7, 11) is -3.88. The van der Waals surface area contributed by atoms with Gasteiger partial charge in [-0.1, -0.05) is 0 Å². The van der Waals surface area contributed by atoms with Crippen LogP contribution in [0.15, 0.2) is 23.1 Å². The maximum atomic E-state index is 12.7. The SMILES string of the molecule is Cc1cc(S(=O)(=O)C=O)ccc1F. The van der Waals surface area contributed by atoms with Gasteiger partial charge in [0.1, 0.15) is 5.82 Å². The quantitative estimate of drug-likeness (QED) is 0.533. The molecular formula is C8H7FO3S. The molecule has 0 atom stereocenters. The molecule has 0 aliphatic carbocycles. The summed E-state index contributed by atoms with van der Waals surface area (Å²) in [4.78, 5) is 9.96. The highest BCUT2D eigenvalue weighted by Gasteiger charge is 2.13. The van der Waals surface area contributed by atoms with E-state index in [1.807, 2.05) is 0 Å². The molecule has 70 valence electrons. The van der Waals surface area contributed by atoms with Gasteiger partial charge in [0.2, 0.25) is 15.5 Å². The van der Waals surface area contributed by atoms with Gasteiger partial charge >= 0.3 is 0 Å². The van der Waals surface area contributed by atoms with E-state index in [0.29, 0.717) is 0 Å². The predicted molar refractivity (Wildman–Crippen MR) is 45.1 cm³/mol. The zero-order valence-electron chi connectivity index (χ0n) is 6.82. The molecular weight excluding hydrogens is 195 g/mol. The zero-order valence-corrected chi connectivity index (χ0v) is 7.64. The number of sulfone groups is 1. The van der Waals surface area contributed by atoms with Gasteiger partial charge in [-0.15, -0.1) is 0 Å². The van der Waals surface area contributed by atoms with E-state index in [9.17, 15) is 17.6 Å². The summed E-state index contributed by atoms with van der Waals surface area (Å²) >= 11 is 0. The number of carbonyl (C=O) groups excluding carboxylic acids is 1. The van der Waals surface area contributed by atoms with Gasteiger partial charge in [-0.3, -0.25) is 4.79 Å². The van der Waals surface area contributed by atoms with Crippen molar-refractivity contribution >= 4 is 15.5 Å². The number of aryl methyl sites for hydroxylation is 1. The maximum absolute atomic E-state index is 12.7. The molecule has 13 heavy (non-hydrogen) atoms. The van der Waals surface area contributed by atoms with Gasteiger partial charge in [-0.25, -0.2) is 12.8 Å². The molecule has 0 amide bonds. The lowest BCUT2D eigenvalue weighted by atomic mass is 10.2. The average Bonchev–Trinajstić information content (AvgIpc) is 2.09. The summed E-state index contributed by atoms with van der Waals surface area (Å²) in [6.07, 6.45) is 0. The Kier molecular flexibility index (Phi) is 2.47. The van der Waals surface area contributed by atoms with Crippen LogP contribution < -0.4 is 0 Å². The van der Waals surface area contributed by atoms with E-state index in [-0.39, 0.29) is 16.1 Å². The van der Waals surface area contributed by atoms with Gasteiger partial charge in [0, 0.05) is 0 Å². The van der Waals surface area contributed by atoms with Crippen LogP contribution in [0.1, 0.15) is 5.56 Å². The lowest BCUT2D eigenvalue weighted by molar-refractivity contribution is 0.556. The van der Waals surface area contributed by atoms with E-state index in [4.69, 9.17) is 0 Å². The first-order valence-electron chi connectivity index (χ1n) is 3.44. The summed E-state index contributed by atoms with van der Waals surface area (Å²) in [6, 6.07) is 3.21. The summed E-state index contributed by atoms with van der Waals surface area (Å²) in [6.45, 7) is 1.43. The topological polar surface area (TPSA) is 51.2 Å². The van der Waals surface area contributed by atoms with Crippen LogP contribution in [0, 0.1) is 12.7 Å². The molecule has 0 aliphatic rings. The lowest BCUT2D eigenvalue weighted by Gasteiger charge is -1.99. The van der Waals surface area contributed by atoms with Crippen LogP contribution in [0.25, 0.3) is 0 Å². The number of rotatable bonds is 2. The van der Waals surface area contributed by atoms with Crippen molar-refractivity contribution in [3.63, 3.8) is 0 Å². The van der Waals surface area contributed by atoms with Gasteiger partial charge in [0.25, 0.3) is 0 Å². The minimum atomic E-state index is -3.88. The van der Waals surface area contributed by atoms with E-state index in [2.05, 4.69) is 0 Å². The van der Waals surface area contributed by atoms with Crippen LogP contribution in [0.2, 0.25) is 0 Å². The molecule has 0 unspecified atom stereocenters. The molecule has 0 bridgehead atoms. The summed E-state index contributed by atoms with van der Waals surface area (Å²) < 4.78 is 34.7. The molecule has 0 saturated carbocycles. The molecule has 3 nitrogen and oxygen atoms in total. The van der Waals surface area contributed by atoms with Crippen molar-refractivity contribution in [2.24, 2.45) is 0 Å². The number of benzene rings is 1. The van der Waals surface area contributed by atoms with Gasteiger partial charge in [-0.05, 0) is 30.7 Å². The fourth-order valence-electron chi connectivity index (χ4n) is 0.850. The minimum Gasteiger partial charge on any atom is -0.285 e. The van der Waals surface area contributed by atoms with E-state index >= 15 is 0 Å². The molecule has 0 radical (unpaired) electrons. The molecule has 0 saturated heterocycles. The van der Waals surface area contributed by atoms with Crippen LogP contribution in [-0.4, -0.2) is 14.0 Å². The van der Waals surface area contributed by atoms with E-state index in [1.165, 1.54) is 6.92 Å². The van der Waals surface area contributed by atoms with Crippen LogP contribution in [-0.2, 0) is 14.6 Å². The molecule has 1 aromatic rings. The molecule has 0 fully saturated rings. The second-order valence-electron chi connectivity index (χ2n) is 2.55. The molecule has 0 N–H and O–H groups in total. The molecule has 5 heteroatoms. The first-order valence-corrected chi connectivity index (χ1v) is 4.98. The molecule has 0 heterocycles. The smallest absolute Gasteiger partial charge is 0.238 e. The van der Waals surface area contributed by atoms with Gasteiger partial charge in [0.05, 0.1) is 4.90 Å². The Balaban J connectivity index is 3.35. The number of carbonyl (C=O) groups is 1. The summed E-state index contributed by atoms with van der Waals surface area (Å²) in [5, 5.41) is 0. The molecule has 0 spiro atoms. The van der Waals surface area contributed by atoms with Crippen LogP contribution in [0.5, 0.6) is 0 Å². The second-order valence-corrected chi connectivity index (χ2v) is 4.31. The number of hydrogen-bond donors (Lipinski definition) is 0. The standard InChI is InChI=1S/C8H7FO3S/c1-6-4-7(2-3-8(6)9)13(11,12)5-10/h2-5H,1H3. The van der Waals surface area contributed by atoms with Crippen molar-refractivity contribution in [2.45, 2.75) is 11.8 Å². The van der Waals surface area contributed by atoms with Crippen molar-refractivity contribution in [2.75, 3.05) is 0 Å².